The van der Waals surface area contributed by atoms with Gasteiger partial charge in [-0.25, -0.2) is 0 Å². The first kappa shape index (κ1) is 15.3. The molecule has 0 saturated carbocycles. The molecular formula is C17H26N2OS. The van der Waals surface area contributed by atoms with Crippen LogP contribution in [-0.2, 0) is 4.74 Å². The Bertz CT molecular complexity index is 407. The van der Waals surface area contributed by atoms with E-state index in [9.17, 15) is 0 Å². The van der Waals surface area contributed by atoms with E-state index in [-0.39, 0.29) is 0 Å². The highest BCUT2D eigenvalue weighted by Gasteiger charge is 2.31. The van der Waals surface area contributed by atoms with E-state index in [1.54, 1.807) is 0 Å². The summed E-state index contributed by atoms with van der Waals surface area (Å²) in [6.07, 6.45) is 4.53. The van der Waals surface area contributed by atoms with Gasteiger partial charge in [0.15, 0.2) is 0 Å². The fourth-order valence-electron chi connectivity index (χ4n) is 3.57. The molecule has 2 fully saturated rings. The molecule has 3 nitrogen and oxygen atoms in total. The van der Waals surface area contributed by atoms with Crippen LogP contribution in [0.25, 0.3) is 0 Å². The van der Waals surface area contributed by atoms with Gasteiger partial charge in [0.2, 0.25) is 0 Å². The lowest BCUT2D eigenvalue weighted by molar-refractivity contribution is 0.0213. The summed E-state index contributed by atoms with van der Waals surface area (Å²) in [6.45, 7) is 6.40. The highest BCUT2D eigenvalue weighted by Crippen LogP contribution is 2.35. The van der Waals surface area contributed by atoms with Crippen LogP contribution in [0, 0.1) is 5.92 Å². The highest BCUT2D eigenvalue weighted by atomic mass is 32.2. The molecule has 0 aliphatic carbocycles. The summed E-state index contributed by atoms with van der Waals surface area (Å²) in [7, 11) is 0. The number of hydrogen-bond donors (Lipinski definition) is 1. The molecule has 0 aromatic heterocycles. The van der Waals surface area contributed by atoms with Crippen molar-refractivity contribution < 1.29 is 4.74 Å². The third-order valence-electron chi connectivity index (χ3n) is 4.71. The normalized spacial score (nSPS) is 23.1. The largest absolute Gasteiger partial charge is 0.381 e. The van der Waals surface area contributed by atoms with E-state index in [4.69, 9.17) is 4.74 Å². The van der Waals surface area contributed by atoms with Crippen molar-refractivity contribution >= 4 is 11.8 Å². The predicted molar refractivity (Wildman–Crippen MR) is 88.9 cm³/mol. The zero-order chi connectivity index (χ0) is 14.5. The van der Waals surface area contributed by atoms with Crippen LogP contribution in [0.1, 0.15) is 24.4 Å². The van der Waals surface area contributed by atoms with Crippen LogP contribution in [0.3, 0.4) is 0 Å². The minimum Gasteiger partial charge on any atom is -0.381 e. The SMILES string of the molecule is CSc1ccc([C@@H](C2CCOCC2)N2CCNCC2)cc1. The number of nitrogens with one attached hydrogen (secondary N) is 1. The van der Waals surface area contributed by atoms with Crippen LogP contribution in [0.5, 0.6) is 0 Å². The van der Waals surface area contributed by atoms with Crippen molar-refractivity contribution in [2.45, 2.75) is 23.8 Å². The Morgan fingerprint density at radius 1 is 1.14 bits per heavy atom. The Hall–Kier alpha value is -0.550. The van der Waals surface area contributed by atoms with Crippen LogP contribution in [-0.4, -0.2) is 50.5 Å². The van der Waals surface area contributed by atoms with Crippen molar-refractivity contribution in [2.75, 3.05) is 45.6 Å². The number of hydrogen-bond acceptors (Lipinski definition) is 4. The minimum atomic E-state index is 0.562. The number of benzene rings is 1. The Morgan fingerprint density at radius 2 is 1.81 bits per heavy atom. The van der Waals surface area contributed by atoms with E-state index >= 15 is 0 Å². The maximum atomic E-state index is 5.58. The highest BCUT2D eigenvalue weighted by molar-refractivity contribution is 7.98. The van der Waals surface area contributed by atoms with E-state index in [2.05, 4.69) is 40.7 Å². The average Bonchev–Trinajstić information content (AvgIpc) is 2.58. The van der Waals surface area contributed by atoms with Crippen LogP contribution in [0.15, 0.2) is 29.2 Å². The molecule has 1 N–H and O–H groups in total. The van der Waals surface area contributed by atoms with Crippen molar-refractivity contribution in [1.82, 2.24) is 10.2 Å². The number of piperazine rings is 1. The maximum absolute atomic E-state index is 5.58. The zero-order valence-electron chi connectivity index (χ0n) is 12.9. The number of ether oxygens (including phenoxy) is 1. The first-order chi connectivity index (χ1) is 10.4. The van der Waals surface area contributed by atoms with Gasteiger partial charge < -0.3 is 10.1 Å². The number of thioether (sulfide) groups is 1. The first-order valence-electron chi connectivity index (χ1n) is 8.05. The summed E-state index contributed by atoms with van der Waals surface area (Å²) in [4.78, 5) is 4.03. The van der Waals surface area contributed by atoms with E-state index in [1.807, 2.05) is 11.8 Å². The van der Waals surface area contributed by atoms with Crippen LogP contribution < -0.4 is 5.32 Å². The second-order valence-electron chi connectivity index (χ2n) is 5.95. The van der Waals surface area contributed by atoms with Gasteiger partial charge in [-0.15, -0.1) is 11.8 Å². The van der Waals surface area contributed by atoms with Crippen LogP contribution in [0.2, 0.25) is 0 Å². The molecule has 0 amide bonds. The second kappa shape index (κ2) is 7.63. The molecule has 21 heavy (non-hydrogen) atoms. The summed E-state index contributed by atoms with van der Waals surface area (Å²) in [5, 5.41) is 3.47. The minimum absolute atomic E-state index is 0.562. The van der Waals surface area contributed by atoms with Crippen molar-refractivity contribution in [3.63, 3.8) is 0 Å². The monoisotopic (exact) mass is 306 g/mol. The molecule has 2 saturated heterocycles. The second-order valence-corrected chi connectivity index (χ2v) is 6.83. The molecule has 3 rings (SSSR count). The number of nitrogens with zero attached hydrogens (tertiary/aromatic N) is 1. The summed E-state index contributed by atoms with van der Waals surface area (Å²) in [5.41, 5.74) is 1.49. The molecule has 4 heteroatoms. The Labute approximate surface area is 132 Å². The Kier molecular flexibility index (Phi) is 5.58. The topological polar surface area (TPSA) is 24.5 Å². The molecule has 1 aromatic carbocycles. The van der Waals surface area contributed by atoms with Gasteiger partial charge in [0.05, 0.1) is 0 Å². The molecule has 0 bridgehead atoms. The van der Waals surface area contributed by atoms with Crippen LogP contribution >= 0.6 is 11.8 Å². The van der Waals surface area contributed by atoms with Crippen molar-refractivity contribution in [1.29, 1.82) is 0 Å². The zero-order valence-corrected chi connectivity index (χ0v) is 13.7. The maximum Gasteiger partial charge on any atom is 0.0469 e. The molecule has 116 valence electrons. The molecule has 0 radical (unpaired) electrons. The molecule has 2 aliphatic rings. The van der Waals surface area contributed by atoms with E-state index in [0.29, 0.717) is 6.04 Å². The standard InChI is InChI=1S/C17H26N2OS/c1-21-16-4-2-14(3-5-16)17(15-6-12-20-13-7-15)19-10-8-18-9-11-19/h2-5,15,17-18H,6-13H2,1H3/t17-/m0/s1. The van der Waals surface area contributed by atoms with Crippen molar-refractivity contribution in [3.05, 3.63) is 29.8 Å². The van der Waals surface area contributed by atoms with Gasteiger partial charge in [-0.1, -0.05) is 12.1 Å². The van der Waals surface area contributed by atoms with Gasteiger partial charge in [0, 0.05) is 50.3 Å². The van der Waals surface area contributed by atoms with E-state index < -0.39 is 0 Å². The fourth-order valence-corrected chi connectivity index (χ4v) is 3.98. The Balaban J connectivity index is 1.82. The summed E-state index contributed by atoms with van der Waals surface area (Å²) >= 11 is 1.82. The van der Waals surface area contributed by atoms with Crippen molar-refractivity contribution in [3.8, 4) is 0 Å². The van der Waals surface area contributed by atoms with Gasteiger partial charge in [0.1, 0.15) is 0 Å². The Morgan fingerprint density at radius 3 is 2.43 bits per heavy atom. The molecule has 2 aliphatic heterocycles. The van der Waals surface area contributed by atoms with E-state index in [0.717, 1.165) is 45.3 Å². The molecule has 0 spiro atoms. The average molecular weight is 306 g/mol. The van der Waals surface area contributed by atoms with Gasteiger partial charge in [-0.2, -0.15) is 0 Å². The third kappa shape index (κ3) is 3.81. The van der Waals surface area contributed by atoms with Crippen LogP contribution in [0.4, 0.5) is 0 Å². The molecule has 2 heterocycles. The van der Waals surface area contributed by atoms with E-state index in [1.165, 1.54) is 23.3 Å². The molecule has 1 atom stereocenters. The lowest BCUT2D eigenvalue weighted by atomic mass is 9.85. The molecule has 1 aromatic rings. The fraction of sp³-hybridized carbons (Fsp3) is 0.647. The quantitative estimate of drug-likeness (QED) is 0.865. The number of rotatable bonds is 4. The van der Waals surface area contributed by atoms with Gasteiger partial charge in [-0.05, 0) is 42.7 Å². The summed E-state index contributed by atoms with van der Waals surface area (Å²) < 4.78 is 5.58. The summed E-state index contributed by atoms with van der Waals surface area (Å²) in [6, 6.07) is 9.79. The predicted octanol–water partition coefficient (Wildman–Crippen LogP) is 2.78. The smallest absolute Gasteiger partial charge is 0.0469 e. The van der Waals surface area contributed by atoms with Gasteiger partial charge in [0.25, 0.3) is 0 Å². The van der Waals surface area contributed by atoms with Crippen molar-refractivity contribution in [2.24, 2.45) is 5.92 Å². The first-order valence-corrected chi connectivity index (χ1v) is 9.27. The van der Waals surface area contributed by atoms with Gasteiger partial charge >= 0.3 is 0 Å². The lowest BCUT2D eigenvalue weighted by Crippen LogP contribution is -2.47. The molecular weight excluding hydrogens is 280 g/mol. The lowest BCUT2D eigenvalue weighted by Gasteiger charge is -2.41. The van der Waals surface area contributed by atoms with Gasteiger partial charge in [-0.3, -0.25) is 4.90 Å². The third-order valence-corrected chi connectivity index (χ3v) is 5.46. The molecule has 0 unspecified atom stereocenters. The summed E-state index contributed by atoms with van der Waals surface area (Å²) in [5.74, 6) is 0.733.